The molecule has 7 N–H and O–H groups in total. The Kier molecular flexibility index (Phi) is 15.2. The molecule has 3 amide bonds. The van der Waals surface area contributed by atoms with E-state index in [9.17, 15) is 39.6 Å². The summed E-state index contributed by atoms with van der Waals surface area (Å²) in [5, 5.41) is 48.9. The van der Waals surface area contributed by atoms with Gasteiger partial charge >= 0.3 is 0 Å². The first-order chi connectivity index (χ1) is 26.8. The van der Waals surface area contributed by atoms with Gasteiger partial charge in [-0.25, -0.2) is 0 Å². The van der Waals surface area contributed by atoms with Crippen LogP contribution < -0.4 is 16.0 Å². The summed E-state index contributed by atoms with van der Waals surface area (Å²) < 4.78 is 0. The van der Waals surface area contributed by atoms with E-state index in [4.69, 9.17) is 23.2 Å². The van der Waals surface area contributed by atoms with Gasteiger partial charge in [0.05, 0.1) is 30.7 Å². The largest absolute Gasteiger partial charge is 0.508 e. The number of carbonyl (C=O) groups is 4. The van der Waals surface area contributed by atoms with Crippen molar-refractivity contribution in [3.63, 3.8) is 0 Å². The highest BCUT2D eigenvalue weighted by Crippen LogP contribution is 2.25. The van der Waals surface area contributed by atoms with Gasteiger partial charge in [-0.1, -0.05) is 48.9 Å². The van der Waals surface area contributed by atoms with Crippen LogP contribution in [0.1, 0.15) is 89.0 Å². The van der Waals surface area contributed by atoms with Crippen LogP contribution in [0.25, 0.3) is 0 Å². The smallest absolute Gasteiger partial charge is 0.270 e. The zero-order chi connectivity index (χ0) is 40.2. The van der Waals surface area contributed by atoms with Crippen LogP contribution in [0, 0.1) is 0 Å². The summed E-state index contributed by atoms with van der Waals surface area (Å²) >= 11 is 11.8. The number of nitrogens with zero attached hydrogens (tertiary/aromatic N) is 2. The van der Waals surface area contributed by atoms with Crippen molar-refractivity contribution in [2.75, 3.05) is 5.32 Å². The fourth-order valence-electron chi connectivity index (χ4n) is 6.66. The predicted molar refractivity (Wildman–Crippen MR) is 211 cm³/mol. The molecule has 0 unspecified atom stereocenters. The molecule has 2 aromatic carbocycles. The summed E-state index contributed by atoms with van der Waals surface area (Å²) in [4.78, 5) is 57.7. The van der Waals surface area contributed by atoms with Crippen molar-refractivity contribution in [1.82, 2.24) is 20.6 Å². The number of aliphatic hydroxyl groups is 2. The third kappa shape index (κ3) is 12.5. The maximum absolute atomic E-state index is 12.5. The number of benzene rings is 2. The SMILES string of the molecule is O=C(Cc1cc(Cl)ccc1O)Nc1ccnc(C(=O)N[C@H]2CCCC[C@@H]2O)c1.O=C(Cc1ccnc(C(=O)N[C@@H]2CCCC[C@H]2O)c1)Cc1cc(Cl)ccc1O. The minimum Gasteiger partial charge on any atom is -0.508 e. The fourth-order valence-corrected chi connectivity index (χ4v) is 7.05. The number of phenolic OH excluding ortho intramolecular Hbond substituents is 2. The summed E-state index contributed by atoms with van der Waals surface area (Å²) in [5.41, 5.74) is 2.32. The summed E-state index contributed by atoms with van der Waals surface area (Å²) in [6.45, 7) is 0. The minimum atomic E-state index is -0.550. The van der Waals surface area contributed by atoms with Crippen LogP contribution in [-0.2, 0) is 28.9 Å². The van der Waals surface area contributed by atoms with Crippen LogP contribution in [0.15, 0.2) is 73.1 Å². The van der Waals surface area contributed by atoms with E-state index in [0.29, 0.717) is 45.3 Å². The Labute approximate surface area is 334 Å². The number of aliphatic hydroxyl groups excluding tert-OH is 2. The third-order valence-corrected chi connectivity index (χ3v) is 10.1. The Balaban J connectivity index is 0.000000214. The second-order valence-electron chi connectivity index (χ2n) is 14.0. The van der Waals surface area contributed by atoms with Gasteiger partial charge in [0.1, 0.15) is 28.7 Å². The van der Waals surface area contributed by atoms with Gasteiger partial charge in [0.15, 0.2) is 0 Å². The maximum atomic E-state index is 12.5. The summed E-state index contributed by atoms with van der Waals surface area (Å²) in [6, 6.07) is 14.8. The lowest BCUT2D eigenvalue weighted by atomic mass is 9.92. The van der Waals surface area contributed by atoms with Crippen molar-refractivity contribution in [3.8, 4) is 11.5 Å². The number of aromatic nitrogens is 2. The Morgan fingerprint density at radius 3 is 1.68 bits per heavy atom. The van der Waals surface area contributed by atoms with E-state index in [1.165, 1.54) is 42.7 Å². The normalized spacial score (nSPS) is 19.1. The Morgan fingerprint density at radius 1 is 0.625 bits per heavy atom. The van der Waals surface area contributed by atoms with E-state index in [1.54, 1.807) is 30.3 Å². The lowest BCUT2D eigenvalue weighted by Gasteiger charge is -2.28. The molecular formula is C41H45Cl2N5O8. The molecule has 2 fully saturated rings. The molecule has 2 aliphatic rings. The maximum Gasteiger partial charge on any atom is 0.270 e. The van der Waals surface area contributed by atoms with Crippen LogP contribution >= 0.6 is 23.2 Å². The number of rotatable bonds is 11. The molecule has 2 aromatic heterocycles. The second kappa shape index (κ2) is 20.2. The van der Waals surface area contributed by atoms with Crippen LogP contribution in [-0.4, -0.2) is 78.2 Å². The van der Waals surface area contributed by atoms with Crippen molar-refractivity contribution in [3.05, 3.63) is 111 Å². The molecule has 56 heavy (non-hydrogen) atoms. The van der Waals surface area contributed by atoms with E-state index >= 15 is 0 Å². The van der Waals surface area contributed by atoms with Crippen LogP contribution in [0.4, 0.5) is 5.69 Å². The van der Waals surface area contributed by atoms with E-state index in [2.05, 4.69) is 25.9 Å². The van der Waals surface area contributed by atoms with E-state index in [1.807, 2.05) is 0 Å². The number of carbonyl (C=O) groups excluding carboxylic acids is 4. The van der Waals surface area contributed by atoms with Crippen LogP contribution in [0.2, 0.25) is 10.0 Å². The molecule has 0 radical (unpaired) electrons. The van der Waals surface area contributed by atoms with Gasteiger partial charge in [-0.15, -0.1) is 0 Å². The van der Waals surface area contributed by atoms with E-state index < -0.39 is 18.1 Å². The average Bonchev–Trinajstić information content (AvgIpc) is 3.17. The molecule has 0 saturated heterocycles. The quantitative estimate of drug-likeness (QED) is 0.101. The summed E-state index contributed by atoms with van der Waals surface area (Å²) in [7, 11) is 0. The number of ketones is 1. The molecule has 2 saturated carbocycles. The highest BCUT2D eigenvalue weighted by Gasteiger charge is 2.26. The number of pyridine rings is 2. The number of anilines is 1. The molecular weight excluding hydrogens is 761 g/mol. The van der Waals surface area contributed by atoms with Crippen molar-refractivity contribution in [2.24, 2.45) is 0 Å². The molecule has 15 heteroatoms. The van der Waals surface area contributed by atoms with Gasteiger partial charge < -0.3 is 36.4 Å². The van der Waals surface area contributed by atoms with Gasteiger partial charge in [-0.05, 0) is 91.9 Å². The zero-order valence-electron chi connectivity index (χ0n) is 30.6. The lowest BCUT2D eigenvalue weighted by Crippen LogP contribution is -2.45. The number of hydrogen-bond acceptors (Lipinski definition) is 10. The number of phenols is 2. The molecule has 296 valence electrons. The summed E-state index contributed by atoms with van der Waals surface area (Å²) in [5.74, 6) is -1.21. The number of amides is 3. The van der Waals surface area contributed by atoms with Crippen molar-refractivity contribution >= 4 is 52.4 Å². The van der Waals surface area contributed by atoms with Crippen molar-refractivity contribution in [1.29, 1.82) is 0 Å². The molecule has 4 aromatic rings. The third-order valence-electron chi connectivity index (χ3n) is 9.65. The lowest BCUT2D eigenvalue weighted by molar-refractivity contribution is -0.118. The zero-order valence-corrected chi connectivity index (χ0v) is 32.1. The van der Waals surface area contributed by atoms with Crippen molar-refractivity contribution in [2.45, 2.75) is 94.9 Å². The Hall–Kier alpha value is -5.08. The number of halogens is 2. The molecule has 4 atom stereocenters. The highest BCUT2D eigenvalue weighted by atomic mass is 35.5. The molecule has 0 bridgehead atoms. The first kappa shape index (κ1) is 42.1. The van der Waals surface area contributed by atoms with Gasteiger partial charge in [0.25, 0.3) is 11.8 Å². The summed E-state index contributed by atoms with van der Waals surface area (Å²) in [6.07, 6.45) is 8.61. The molecule has 0 aliphatic heterocycles. The second-order valence-corrected chi connectivity index (χ2v) is 14.9. The minimum absolute atomic E-state index is 0.0135. The standard InChI is InChI=1S/C21H23ClN2O4.C20H22ClN3O4/c22-15-5-6-19(26)14(11-15)12-16(25)9-13-7-8-23-18(10-13)21(28)24-17-3-1-2-4-20(17)27;21-13-5-6-17(25)12(9-13)10-19(27)23-14-7-8-22-16(11-14)20(28)24-15-3-1-2-4-18(15)26/h5-8,10-11,17,20,26-27H,1-4,9,12H2,(H,24,28);5-9,11,15,18,25-26H,1-4,10H2,(H,24,28)(H,22,23,27)/t17-,20-;15-,18-/m10/s1. The van der Waals surface area contributed by atoms with Gasteiger partial charge in [-0.3, -0.25) is 29.1 Å². The average molecular weight is 807 g/mol. The monoisotopic (exact) mass is 805 g/mol. The van der Waals surface area contributed by atoms with Gasteiger partial charge in [0, 0.05) is 52.1 Å². The highest BCUT2D eigenvalue weighted by molar-refractivity contribution is 6.31. The van der Waals surface area contributed by atoms with Crippen LogP contribution in [0.3, 0.4) is 0 Å². The van der Waals surface area contributed by atoms with Crippen molar-refractivity contribution < 1.29 is 39.6 Å². The van der Waals surface area contributed by atoms with E-state index in [-0.39, 0.29) is 71.8 Å². The number of Topliss-reactive ketones (excluding diaryl/α,β-unsaturated/α-hetero) is 1. The molecule has 13 nitrogen and oxygen atoms in total. The molecule has 2 heterocycles. The number of aromatic hydroxyl groups is 2. The van der Waals surface area contributed by atoms with Crippen LogP contribution in [0.5, 0.6) is 11.5 Å². The molecule has 2 aliphatic carbocycles. The van der Waals surface area contributed by atoms with Gasteiger partial charge in [-0.2, -0.15) is 0 Å². The Bertz CT molecular complexity index is 1890. The topological polar surface area (TPSA) is 211 Å². The predicted octanol–water partition coefficient (Wildman–Crippen LogP) is 5.48. The molecule has 6 rings (SSSR count). The first-order valence-electron chi connectivity index (χ1n) is 18.5. The Morgan fingerprint density at radius 2 is 1.12 bits per heavy atom. The van der Waals surface area contributed by atoms with Gasteiger partial charge in [0.2, 0.25) is 5.91 Å². The number of hydrogen-bond donors (Lipinski definition) is 7. The van der Waals surface area contributed by atoms with E-state index in [0.717, 1.165) is 38.5 Å². The molecule has 0 spiro atoms. The fraction of sp³-hybridized carbons (Fsp3) is 0.366. The first-order valence-corrected chi connectivity index (χ1v) is 19.3. The number of nitrogens with one attached hydrogen (secondary N) is 3.